The number of ketones is 1. The van der Waals surface area contributed by atoms with E-state index in [9.17, 15) is 14.7 Å². The van der Waals surface area contributed by atoms with Crippen LogP contribution in [-0.4, -0.2) is 56.7 Å². The van der Waals surface area contributed by atoms with Gasteiger partial charge in [-0.1, -0.05) is 18.2 Å². The largest absolute Gasteiger partial charge is 0.507 e. The molecule has 0 bridgehead atoms. The van der Waals surface area contributed by atoms with Crippen LogP contribution in [0.3, 0.4) is 0 Å². The van der Waals surface area contributed by atoms with Gasteiger partial charge in [-0.3, -0.25) is 9.59 Å². The van der Waals surface area contributed by atoms with Crippen LogP contribution in [0.1, 0.15) is 22.7 Å². The lowest BCUT2D eigenvalue weighted by molar-refractivity contribution is -0.139. The van der Waals surface area contributed by atoms with Crippen LogP contribution in [0.2, 0.25) is 0 Å². The van der Waals surface area contributed by atoms with Crippen molar-refractivity contribution < 1.29 is 33.6 Å². The van der Waals surface area contributed by atoms with Gasteiger partial charge in [-0.2, -0.15) is 0 Å². The number of amides is 1. The summed E-state index contributed by atoms with van der Waals surface area (Å²) in [5, 5.41) is 11.2. The highest BCUT2D eigenvalue weighted by molar-refractivity contribution is 6.46. The molecular formula is C29H29NO7. The fraction of sp³-hybridized carbons (Fsp3) is 0.241. The van der Waals surface area contributed by atoms with Gasteiger partial charge in [0, 0.05) is 12.1 Å². The van der Waals surface area contributed by atoms with E-state index < -0.39 is 17.7 Å². The predicted octanol–water partition coefficient (Wildman–Crippen LogP) is 4.39. The van der Waals surface area contributed by atoms with Gasteiger partial charge in [0.1, 0.15) is 17.3 Å². The number of likely N-dealkylation sites (tertiary alicyclic amines) is 1. The number of methoxy groups -OCH3 is 4. The molecule has 1 fully saturated rings. The lowest BCUT2D eigenvalue weighted by atomic mass is 9.95. The van der Waals surface area contributed by atoms with Gasteiger partial charge in [0.05, 0.1) is 40.1 Å². The molecule has 0 spiro atoms. The first-order valence-corrected chi connectivity index (χ1v) is 11.7. The number of nitrogens with zero attached hydrogens (tertiary/aromatic N) is 1. The summed E-state index contributed by atoms with van der Waals surface area (Å²) in [4.78, 5) is 28.0. The van der Waals surface area contributed by atoms with Crippen molar-refractivity contribution in [2.24, 2.45) is 0 Å². The number of hydrogen-bond donors (Lipinski definition) is 1. The fourth-order valence-corrected chi connectivity index (χ4v) is 4.43. The van der Waals surface area contributed by atoms with Crippen LogP contribution in [0.15, 0.2) is 72.3 Å². The van der Waals surface area contributed by atoms with Crippen molar-refractivity contribution in [1.29, 1.82) is 0 Å². The normalized spacial score (nSPS) is 16.5. The Balaban J connectivity index is 1.73. The molecule has 1 aliphatic heterocycles. The molecule has 0 aliphatic carbocycles. The fourth-order valence-electron chi connectivity index (χ4n) is 4.43. The number of ether oxygens (including phenoxy) is 4. The minimum atomic E-state index is -0.770. The summed E-state index contributed by atoms with van der Waals surface area (Å²) in [6, 6.07) is 18.5. The van der Waals surface area contributed by atoms with E-state index in [1.165, 1.54) is 4.90 Å². The SMILES string of the molecule is COc1ccc(C(O)=C2C(=O)C(=O)N(CCc3ccc(OC)c(OC)c3)C2c2ccc(OC)cc2)cc1. The van der Waals surface area contributed by atoms with E-state index in [0.717, 1.165) is 5.56 Å². The molecule has 0 aromatic heterocycles. The van der Waals surface area contributed by atoms with Gasteiger partial charge in [-0.05, 0) is 66.1 Å². The molecule has 0 saturated carbocycles. The molecule has 0 radical (unpaired) electrons. The van der Waals surface area contributed by atoms with Crippen LogP contribution in [0, 0.1) is 0 Å². The number of rotatable bonds is 9. The summed E-state index contributed by atoms with van der Waals surface area (Å²) < 4.78 is 21.2. The molecular weight excluding hydrogens is 474 g/mol. The maximum Gasteiger partial charge on any atom is 0.295 e. The van der Waals surface area contributed by atoms with Crippen LogP contribution in [0.4, 0.5) is 0 Å². The highest BCUT2D eigenvalue weighted by Crippen LogP contribution is 2.40. The standard InChI is InChI=1S/C29H29NO7/c1-34-21-10-6-19(7-11-21)26-25(27(31)20-8-12-22(35-2)13-9-20)28(32)29(33)30(26)16-15-18-5-14-23(36-3)24(17-18)37-4/h5-14,17,26,31H,15-16H2,1-4H3. The van der Waals surface area contributed by atoms with E-state index in [-0.39, 0.29) is 17.9 Å². The third-order valence-corrected chi connectivity index (χ3v) is 6.42. The van der Waals surface area contributed by atoms with E-state index in [1.54, 1.807) is 83.0 Å². The summed E-state index contributed by atoms with van der Waals surface area (Å²) >= 11 is 0. The van der Waals surface area contributed by atoms with Gasteiger partial charge < -0.3 is 29.0 Å². The third kappa shape index (κ3) is 5.09. The van der Waals surface area contributed by atoms with Gasteiger partial charge in [0.15, 0.2) is 11.5 Å². The lowest BCUT2D eigenvalue weighted by Crippen LogP contribution is -2.31. The molecule has 3 aromatic carbocycles. The van der Waals surface area contributed by atoms with Gasteiger partial charge >= 0.3 is 0 Å². The Labute approximate surface area is 215 Å². The van der Waals surface area contributed by atoms with E-state index in [4.69, 9.17) is 18.9 Å². The number of benzene rings is 3. The second kappa shape index (κ2) is 11.1. The summed E-state index contributed by atoms with van der Waals surface area (Å²) in [7, 11) is 6.23. The summed E-state index contributed by atoms with van der Waals surface area (Å²) in [5.74, 6) is 0.783. The molecule has 1 atom stereocenters. The molecule has 4 rings (SSSR count). The first kappa shape index (κ1) is 25.6. The zero-order chi connectivity index (χ0) is 26.5. The zero-order valence-corrected chi connectivity index (χ0v) is 21.2. The molecule has 8 heteroatoms. The number of aliphatic hydroxyl groups is 1. The molecule has 1 N–H and O–H groups in total. The highest BCUT2D eigenvalue weighted by atomic mass is 16.5. The number of carbonyl (C=O) groups is 2. The van der Waals surface area contributed by atoms with Crippen LogP contribution < -0.4 is 18.9 Å². The van der Waals surface area contributed by atoms with Crippen molar-refractivity contribution in [2.75, 3.05) is 35.0 Å². The summed E-state index contributed by atoms with van der Waals surface area (Å²) in [5.41, 5.74) is 2.04. The Bertz CT molecular complexity index is 1310. The number of aliphatic hydroxyl groups excluding tert-OH is 1. The lowest BCUT2D eigenvalue weighted by Gasteiger charge is -2.25. The van der Waals surface area contributed by atoms with Crippen LogP contribution >= 0.6 is 0 Å². The predicted molar refractivity (Wildman–Crippen MR) is 138 cm³/mol. The molecule has 1 heterocycles. The van der Waals surface area contributed by atoms with E-state index in [2.05, 4.69) is 0 Å². The monoisotopic (exact) mass is 503 g/mol. The second-order valence-electron chi connectivity index (χ2n) is 8.43. The average molecular weight is 504 g/mol. The topological polar surface area (TPSA) is 94.5 Å². The number of Topliss-reactive ketones (excluding diaryl/α,β-unsaturated/α-hetero) is 1. The Morgan fingerprint density at radius 2 is 1.38 bits per heavy atom. The number of carbonyl (C=O) groups excluding carboxylic acids is 2. The van der Waals surface area contributed by atoms with Crippen molar-refractivity contribution in [1.82, 2.24) is 4.90 Å². The molecule has 1 amide bonds. The van der Waals surface area contributed by atoms with Crippen molar-refractivity contribution in [3.8, 4) is 23.0 Å². The summed E-state index contributed by atoms with van der Waals surface area (Å²) in [6.07, 6.45) is 0.461. The molecule has 1 saturated heterocycles. The first-order chi connectivity index (χ1) is 17.9. The first-order valence-electron chi connectivity index (χ1n) is 11.7. The maximum absolute atomic E-state index is 13.3. The summed E-state index contributed by atoms with van der Waals surface area (Å²) in [6.45, 7) is 0.246. The molecule has 1 aliphatic rings. The average Bonchev–Trinajstić information content (AvgIpc) is 3.20. The second-order valence-corrected chi connectivity index (χ2v) is 8.43. The minimum absolute atomic E-state index is 0.0349. The van der Waals surface area contributed by atoms with Crippen LogP contribution in [0.5, 0.6) is 23.0 Å². The Morgan fingerprint density at radius 1 is 0.784 bits per heavy atom. The Hall–Kier alpha value is -4.46. The smallest absolute Gasteiger partial charge is 0.295 e. The van der Waals surface area contributed by atoms with Gasteiger partial charge in [0.25, 0.3) is 11.7 Å². The van der Waals surface area contributed by atoms with Crippen molar-refractivity contribution >= 4 is 17.4 Å². The third-order valence-electron chi connectivity index (χ3n) is 6.42. The Kier molecular flexibility index (Phi) is 7.67. The van der Waals surface area contributed by atoms with Gasteiger partial charge in [-0.15, -0.1) is 0 Å². The van der Waals surface area contributed by atoms with Gasteiger partial charge in [-0.25, -0.2) is 0 Å². The van der Waals surface area contributed by atoms with Crippen molar-refractivity contribution in [3.05, 3.63) is 89.0 Å². The van der Waals surface area contributed by atoms with Crippen LogP contribution in [0.25, 0.3) is 5.76 Å². The van der Waals surface area contributed by atoms with Gasteiger partial charge in [0.2, 0.25) is 0 Å². The van der Waals surface area contributed by atoms with Crippen molar-refractivity contribution in [2.45, 2.75) is 12.5 Å². The minimum Gasteiger partial charge on any atom is -0.507 e. The molecule has 1 unspecified atom stereocenters. The Morgan fingerprint density at radius 3 is 1.95 bits per heavy atom. The molecule has 3 aromatic rings. The van der Waals surface area contributed by atoms with E-state index in [1.807, 2.05) is 12.1 Å². The van der Waals surface area contributed by atoms with E-state index >= 15 is 0 Å². The molecule has 37 heavy (non-hydrogen) atoms. The highest BCUT2D eigenvalue weighted by Gasteiger charge is 2.45. The molecule has 8 nitrogen and oxygen atoms in total. The van der Waals surface area contributed by atoms with Crippen molar-refractivity contribution in [3.63, 3.8) is 0 Å². The van der Waals surface area contributed by atoms with Crippen LogP contribution in [-0.2, 0) is 16.0 Å². The van der Waals surface area contributed by atoms with E-state index in [0.29, 0.717) is 40.5 Å². The quantitative estimate of drug-likeness (QED) is 0.263. The molecule has 192 valence electrons. The zero-order valence-electron chi connectivity index (χ0n) is 21.2. The number of hydrogen-bond acceptors (Lipinski definition) is 7. The maximum atomic E-state index is 13.3.